The molecule has 0 fully saturated rings. The molecule has 0 saturated carbocycles. The molecule has 4 nitrogen and oxygen atoms in total. The van der Waals surface area contributed by atoms with Crippen molar-refractivity contribution in [2.24, 2.45) is 0 Å². The van der Waals surface area contributed by atoms with Crippen LogP contribution in [0.4, 0.5) is 13.2 Å². The second-order valence-corrected chi connectivity index (χ2v) is 11.2. The van der Waals surface area contributed by atoms with E-state index in [1.807, 2.05) is 43.3 Å². The standard InChI is InChI=1S/C36H37ClF3NO3.ClH/c1-2-12-31(35(42)43)28-17-9-19-30(23-28)44-22-11-21-41(24-29-18-10-20-33(34(29)37)36(38,39)40)25-32(26-13-5-3-6-14-26)27-15-7-4-8-16-27;/h3-10,13-20,23,31-32H,2,11-12,21-22,24-25H2,1H3,(H,42,43);1H. The number of hydrogen-bond acceptors (Lipinski definition) is 3. The first-order valence-corrected chi connectivity index (χ1v) is 15.2. The number of carboxylic acid groups (broad SMARTS) is 1. The number of carbonyl (C=O) groups is 1. The van der Waals surface area contributed by atoms with Crippen molar-refractivity contribution in [1.29, 1.82) is 0 Å². The van der Waals surface area contributed by atoms with E-state index in [1.165, 1.54) is 6.07 Å². The highest BCUT2D eigenvalue weighted by Gasteiger charge is 2.34. The number of aliphatic carboxylic acids is 1. The van der Waals surface area contributed by atoms with Gasteiger partial charge in [0.1, 0.15) is 5.75 Å². The van der Waals surface area contributed by atoms with E-state index < -0.39 is 23.6 Å². The van der Waals surface area contributed by atoms with Crippen LogP contribution in [0.5, 0.6) is 5.75 Å². The lowest BCUT2D eigenvalue weighted by Gasteiger charge is -2.29. The van der Waals surface area contributed by atoms with Crippen molar-refractivity contribution >= 4 is 30.0 Å². The van der Waals surface area contributed by atoms with Gasteiger partial charge in [-0.1, -0.05) is 110 Å². The lowest BCUT2D eigenvalue weighted by atomic mass is 9.90. The predicted octanol–water partition coefficient (Wildman–Crippen LogP) is 9.85. The van der Waals surface area contributed by atoms with Gasteiger partial charge in [0, 0.05) is 25.6 Å². The van der Waals surface area contributed by atoms with Crippen LogP contribution in [0.3, 0.4) is 0 Å². The monoisotopic (exact) mass is 659 g/mol. The van der Waals surface area contributed by atoms with Gasteiger partial charge in [0.25, 0.3) is 0 Å². The number of benzene rings is 4. The summed E-state index contributed by atoms with van der Waals surface area (Å²) < 4.78 is 47.0. The molecule has 45 heavy (non-hydrogen) atoms. The molecular weight excluding hydrogens is 622 g/mol. The average Bonchev–Trinajstić information content (AvgIpc) is 3.01. The van der Waals surface area contributed by atoms with Gasteiger partial charge in [0.2, 0.25) is 0 Å². The maximum absolute atomic E-state index is 13.6. The first kappa shape index (κ1) is 36.0. The minimum Gasteiger partial charge on any atom is -0.494 e. The van der Waals surface area contributed by atoms with Crippen LogP contribution in [0.25, 0.3) is 0 Å². The van der Waals surface area contributed by atoms with Gasteiger partial charge in [-0.05, 0) is 53.3 Å². The number of nitrogens with zero attached hydrogens (tertiary/aromatic N) is 1. The van der Waals surface area contributed by atoms with Crippen LogP contribution in [0.2, 0.25) is 5.02 Å². The Bertz CT molecular complexity index is 1450. The summed E-state index contributed by atoms with van der Waals surface area (Å²) in [6.45, 7) is 3.62. The normalized spacial score (nSPS) is 12.2. The van der Waals surface area contributed by atoms with Crippen LogP contribution in [0.15, 0.2) is 103 Å². The van der Waals surface area contributed by atoms with Crippen molar-refractivity contribution in [3.63, 3.8) is 0 Å². The van der Waals surface area contributed by atoms with Crippen LogP contribution in [0.1, 0.15) is 65.8 Å². The molecule has 1 unspecified atom stereocenters. The van der Waals surface area contributed by atoms with E-state index in [1.54, 1.807) is 30.3 Å². The summed E-state index contributed by atoms with van der Waals surface area (Å²) in [5.74, 6) is -0.890. The molecule has 0 aliphatic carbocycles. The van der Waals surface area contributed by atoms with Crippen LogP contribution >= 0.6 is 24.0 Å². The Morgan fingerprint density at radius 3 is 2.07 bits per heavy atom. The van der Waals surface area contributed by atoms with E-state index in [0.717, 1.165) is 23.6 Å². The average molecular weight is 661 g/mol. The summed E-state index contributed by atoms with van der Waals surface area (Å²) in [6, 6.07) is 31.3. The summed E-state index contributed by atoms with van der Waals surface area (Å²) in [5.41, 5.74) is 2.47. The zero-order valence-electron chi connectivity index (χ0n) is 25.1. The van der Waals surface area contributed by atoms with Gasteiger partial charge in [-0.2, -0.15) is 13.2 Å². The molecule has 4 aromatic rings. The van der Waals surface area contributed by atoms with E-state index in [0.29, 0.717) is 49.4 Å². The summed E-state index contributed by atoms with van der Waals surface area (Å²) in [6.07, 6.45) is -2.67. The maximum Gasteiger partial charge on any atom is 0.417 e. The van der Waals surface area contributed by atoms with E-state index in [4.69, 9.17) is 16.3 Å². The third kappa shape index (κ3) is 10.2. The molecule has 0 aliphatic rings. The van der Waals surface area contributed by atoms with Gasteiger partial charge >= 0.3 is 12.1 Å². The van der Waals surface area contributed by atoms with Gasteiger partial charge in [-0.3, -0.25) is 9.69 Å². The molecule has 4 aromatic carbocycles. The van der Waals surface area contributed by atoms with Crippen molar-refractivity contribution < 1.29 is 27.8 Å². The second kappa shape index (κ2) is 17.2. The molecule has 4 rings (SSSR count). The SMILES string of the molecule is CCCC(C(=O)O)c1cccc(OCCCN(Cc2cccc(C(F)(F)F)c2Cl)CC(c2ccccc2)c2ccccc2)c1.Cl. The fourth-order valence-corrected chi connectivity index (χ4v) is 5.74. The molecule has 240 valence electrons. The molecule has 0 heterocycles. The molecule has 1 atom stereocenters. The molecular formula is C36H38Cl2F3NO3. The number of ether oxygens (including phenoxy) is 1. The van der Waals surface area contributed by atoms with Gasteiger partial charge in [-0.25, -0.2) is 0 Å². The zero-order valence-corrected chi connectivity index (χ0v) is 26.6. The van der Waals surface area contributed by atoms with Crippen molar-refractivity contribution in [3.05, 3.63) is 136 Å². The highest BCUT2D eigenvalue weighted by atomic mass is 35.5. The Balaban J connectivity index is 0.00000552. The molecule has 9 heteroatoms. The van der Waals surface area contributed by atoms with Crippen molar-refractivity contribution in [2.45, 2.75) is 50.7 Å². The Kier molecular flexibility index (Phi) is 13.8. The second-order valence-electron chi connectivity index (χ2n) is 10.8. The minimum absolute atomic E-state index is 0. The van der Waals surface area contributed by atoms with Crippen molar-refractivity contribution in [2.75, 3.05) is 19.7 Å². The van der Waals surface area contributed by atoms with Gasteiger partial charge in [0.05, 0.1) is 23.1 Å². The lowest BCUT2D eigenvalue weighted by molar-refractivity contribution is -0.139. The smallest absolute Gasteiger partial charge is 0.417 e. The first-order chi connectivity index (χ1) is 21.2. The van der Waals surface area contributed by atoms with E-state index in [9.17, 15) is 23.1 Å². The third-order valence-electron chi connectivity index (χ3n) is 7.65. The van der Waals surface area contributed by atoms with E-state index >= 15 is 0 Å². The Morgan fingerprint density at radius 1 is 0.889 bits per heavy atom. The quantitative estimate of drug-likeness (QED) is 0.129. The number of alkyl halides is 3. The predicted molar refractivity (Wildman–Crippen MR) is 176 cm³/mol. The lowest BCUT2D eigenvalue weighted by Crippen LogP contribution is -2.31. The summed E-state index contributed by atoms with van der Waals surface area (Å²) in [7, 11) is 0. The minimum atomic E-state index is -4.55. The highest BCUT2D eigenvalue weighted by molar-refractivity contribution is 6.32. The molecule has 0 aromatic heterocycles. The van der Waals surface area contributed by atoms with Gasteiger partial charge in [-0.15, -0.1) is 12.4 Å². The molecule has 0 radical (unpaired) electrons. The molecule has 0 spiro atoms. The maximum atomic E-state index is 13.6. The number of rotatable bonds is 15. The summed E-state index contributed by atoms with van der Waals surface area (Å²) in [5, 5.41) is 9.36. The fraction of sp³-hybridized carbons (Fsp3) is 0.306. The molecule has 0 amide bonds. The van der Waals surface area contributed by atoms with Gasteiger partial charge < -0.3 is 9.84 Å². The van der Waals surface area contributed by atoms with Crippen molar-refractivity contribution in [1.82, 2.24) is 4.90 Å². The Morgan fingerprint density at radius 2 is 1.49 bits per heavy atom. The highest BCUT2D eigenvalue weighted by Crippen LogP contribution is 2.37. The zero-order chi connectivity index (χ0) is 31.5. The topological polar surface area (TPSA) is 49.8 Å². The largest absolute Gasteiger partial charge is 0.494 e. The molecule has 1 N–H and O–H groups in total. The molecule has 0 saturated heterocycles. The number of halogens is 5. The van der Waals surface area contributed by atoms with Crippen molar-refractivity contribution in [3.8, 4) is 5.75 Å². The Hall–Kier alpha value is -3.52. The third-order valence-corrected chi connectivity index (χ3v) is 8.09. The summed E-state index contributed by atoms with van der Waals surface area (Å²) >= 11 is 6.32. The van der Waals surface area contributed by atoms with Crippen LogP contribution in [-0.2, 0) is 17.5 Å². The van der Waals surface area contributed by atoms with Gasteiger partial charge in [0.15, 0.2) is 0 Å². The fourth-order valence-electron chi connectivity index (χ4n) is 5.45. The van der Waals surface area contributed by atoms with E-state index in [2.05, 4.69) is 29.2 Å². The van der Waals surface area contributed by atoms with Crippen LogP contribution < -0.4 is 4.74 Å². The van der Waals surface area contributed by atoms with Crippen LogP contribution in [-0.4, -0.2) is 35.7 Å². The number of hydrogen-bond donors (Lipinski definition) is 1. The Labute approximate surface area is 274 Å². The van der Waals surface area contributed by atoms with E-state index in [-0.39, 0.29) is 29.9 Å². The molecule has 0 aliphatic heterocycles. The first-order valence-electron chi connectivity index (χ1n) is 14.8. The summed E-state index contributed by atoms with van der Waals surface area (Å²) in [4.78, 5) is 13.9. The van der Waals surface area contributed by atoms with Crippen LogP contribution in [0, 0.1) is 0 Å². The number of carboxylic acids is 1. The molecule has 0 bridgehead atoms.